The van der Waals surface area contributed by atoms with Crippen molar-refractivity contribution >= 4 is 40.9 Å². The number of rotatable bonds is 8. The molecular weight excluding hydrogens is 530 g/mol. The Labute approximate surface area is 220 Å². The van der Waals surface area contributed by atoms with Gasteiger partial charge in [0.05, 0.1) is 18.1 Å². The van der Waals surface area contributed by atoms with Crippen molar-refractivity contribution in [2.24, 2.45) is 0 Å². The number of nitrogens with zero attached hydrogens (tertiary/aromatic N) is 2. The van der Waals surface area contributed by atoms with Crippen LogP contribution in [0.5, 0.6) is 0 Å². The first kappa shape index (κ1) is 26.1. The molecule has 0 saturated carbocycles. The van der Waals surface area contributed by atoms with Crippen LogP contribution in [0.4, 0.5) is 13.2 Å². The molecule has 0 spiro atoms. The van der Waals surface area contributed by atoms with Gasteiger partial charge >= 0.3 is 6.18 Å². The monoisotopic (exact) mass is 549 g/mol. The minimum atomic E-state index is -4.48. The molecule has 0 radical (unpaired) electrons. The lowest BCUT2D eigenvalue weighted by molar-refractivity contribution is -0.137. The second-order valence-electron chi connectivity index (χ2n) is 7.75. The van der Waals surface area contributed by atoms with Crippen LogP contribution in [-0.4, -0.2) is 27.8 Å². The highest BCUT2D eigenvalue weighted by molar-refractivity contribution is 7.98. The highest BCUT2D eigenvalue weighted by atomic mass is 35.5. The van der Waals surface area contributed by atoms with Gasteiger partial charge in [0.2, 0.25) is 0 Å². The average Bonchev–Trinajstić information content (AvgIpc) is 3.35. The van der Waals surface area contributed by atoms with Crippen molar-refractivity contribution in [1.29, 1.82) is 0 Å². The SMILES string of the molecule is O=C(NCCSCc1c(Cl)cccc1Cl)c1cncn1-c1cccc(-c2ccccc2C(F)(F)F)c1. The van der Waals surface area contributed by atoms with Gasteiger partial charge in [0.15, 0.2) is 0 Å². The van der Waals surface area contributed by atoms with E-state index in [0.717, 1.165) is 11.6 Å². The Balaban J connectivity index is 1.44. The van der Waals surface area contributed by atoms with E-state index in [0.29, 0.717) is 39.3 Å². The number of thioether (sulfide) groups is 1. The number of amides is 1. The Morgan fingerprint density at radius 2 is 1.72 bits per heavy atom. The summed E-state index contributed by atoms with van der Waals surface area (Å²) in [6.45, 7) is 0.399. The molecule has 186 valence electrons. The van der Waals surface area contributed by atoms with E-state index in [1.165, 1.54) is 24.7 Å². The third-order valence-corrected chi connectivity index (χ3v) is 7.07. The van der Waals surface area contributed by atoms with Crippen LogP contribution in [0.3, 0.4) is 0 Å². The summed E-state index contributed by atoms with van der Waals surface area (Å²) in [5.74, 6) is 0.897. The summed E-state index contributed by atoms with van der Waals surface area (Å²) in [6, 6.07) is 17.3. The van der Waals surface area contributed by atoms with E-state index < -0.39 is 11.7 Å². The van der Waals surface area contributed by atoms with Crippen LogP contribution in [0.1, 0.15) is 21.6 Å². The van der Waals surface area contributed by atoms with Crippen LogP contribution in [0, 0.1) is 0 Å². The lowest BCUT2D eigenvalue weighted by Crippen LogP contribution is -2.27. The van der Waals surface area contributed by atoms with Gasteiger partial charge in [-0.3, -0.25) is 9.36 Å². The Hall–Kier alpha value is -2.94. The fraction of sp³-hybridized carbons (Fsp3) is 0.154. The second kappa shape index (κ2) is 11.4. The summed E-state index contributed by atoms with van der Waals surface area (Å²) in [5.41, 5.74) is 1.37. The van der Waals surface area contributed by atoms with Crippen molar-refractivity contribution in [1.82, 2.24) is 14.9 Å². The standard InChI is InChI=1S/C26H20Cl2F3N3OS/c27-22-9-4-10-23(28)20(22)15-36-12-11-33-25(35)24-14-32-16-34(24)18-6-3-5-17(13-18)19-7-1-2-8-21(19)26(29,30)31/h1-10,13-14,16H,11-12,15H2,(H,33,35). The number of imidazole rings is 1. The van der Waals surface area contributed by atoms with Gasteiger partial charge in [0.25, 0.3) is 5.91 Å². The molecule has 1 aromatic heterocycles. The van der Waals surface area contributed by atoms with Gasteiger partial charge in [-0.15, -0.1) is 0 Å². The first-order valence-corrected chi connectivity index (χ1v) is 12.7. The number of hydrogen-bond acceptors (Lipinski definition) is 3. The van der Waals surface area contributed by atoms with Gasteiger partial charge in [0, 0.05) is 33.8 Å². The Morgan fingerprint density at radius 1 is 1.00 bits per heavy atom. The molecule has 0 aliphatic heterocycles. The summed E-state index contributed by atoms with van der Waals surface area (Å²) in [4.78, 5) is 16.9. The maximum atomic E-state index is 13.5. The molecule has 0 bridgehead atoms. The summed E-state index contributed by atoms with van der Waals surface area (Å²) < 4.78 is 42.1. The quantitative estimate of drug-likeness (QED) is 0.231. The van der Waals surface area contributed by atoms with Crippen molar-refractivity contribution in [3.05, 3.63) is 106 Å². The minimum absolute atomic E-state index is 0.0635. The van der Waals surface area contributed by atoms with Gasteiger partial charge in [-0.2, -0.15) is 24.9 Å². The number of hydrogen-bond donors (Lipinski definition) is 1. The van der Waals surface area contributed by atoms with Crippen molar-refractivity contribution in [3.8, 4) is 16.8 Å². The summed E-state index contributed by atoms with van der Waals surface area (Å²) in [7, 11) is 0. The number of halogens is 5. The number of nitrogens with one attached hydrogen (secondary N) is 1. The van der Waals surface area contributed by atoms with Crippen LogP contribution < -0.4 is 5.32 Å². The van der Waals surface area contributed by atoms with E-state index in [1.807, 2.05) is 0 Å². The van der Waals surface area contributed by atoms with E-state index >= 15 is 0 Å². The molecule has 0 unspecified atom stereocenters. The number of carbonyl (C=O) groups is 1. The van der Waals surface area contributed by atoms with Crippen molar-refractivity contribution in [2.45, 2.75) is 11.9 Å². The van der Waals surface area contributed by atoms with Gasteiger partial charge < -0.3 is 5.32 Å². The second-order valence-corrected chi connectivity index (χ2v) is 9.67. The predicted octanol–water partition coefficient (Wildman–Crippen LogP) is 7.53. The normalized spacial score (nSPS) is 11.5. The third kappa shape index (κ3) is 6.06. The van der Waals surface area contributed by atoms with Crippen LogP contribution in [-0.2, 0) is 11.9 Å². The summed E-state index contributed by atoms with van der Waals surface area (Å²) in [6.07, 6.45) is -1.61. The van der Waals surface area contributed by atoms with E-state index in [1.54, 1.807) is 64.9 Å². The fourth-order valence-electron chi connectivity index (χ4n) is 3.65. The zero-order valence-electron chi connectivity index (χ0n) is 18.7. The molecule has 1 heterocycles. The maximum absolute atomic E-state index is 13.5. The van der Waals surface area contributed by atoms with Crippen molar-refractivity contribution in [2.75, 3.05) is 12.3 Å². The van der Waals surface area contributed by atoms with Gasteiger partial charge in [-0.05, 0) is 47.0 Å². The van der Waals surface area contributed by atoms with Crippen LogP contribution >= 0.6 is 35.0 Å². The predicted molar refractivity (Wildman–Crippen MR) is 139 cm³/mol. The summed E-state index contributed by atoms with van der Waals surface area (Å²) >= 11 is 13.9. The molecule has 0 fully saturated rings. The molecule has 1 N–H and O–H groups in total. The zero-order chi connectivity index (χ0) is 25.7. The topological polar surface area (TPSA) is 46.9 Å². The first-order chi connectivity index (χ1) is 17.3. The number of aromatic nitrogens is 2. The number of carbonyl (C=O) groups excluding carboxylic acids is 1. The fourth-order valence-corrected chi connectivity index (χ4v) is 5.24. The molecule has 10 heteroatoms. The highest BCUT2D eigenvalue weighted by Gasteiger charge is 2.33. The molecule has 0 atom stereocenters. The van der Waals surface area contributed by atoms with Crippen molar-refractivity contribution < 1.29 is 18.0 Å². The smallest absolute Gasteiger partial charge is 0.350 e. The van der Waals surface area contributed by atoms with E-state index in [9.17, 15) is 18.0 Å². The molecule has 4 rings (SSSR count). The molecule has 1 amide bonds. The third-order valence-electron chi connectivity index (χ3n) is 5.38. The van der Waals surface area contributed by atoms with Crippen LogP contribution in [0.2, 0.25) is 10.0 Å². The minimum Gasteiger partial charge on any atom is -0.350 e. The average molecular weight is 550 g/mol. The largest absolute Gasteiger partial charge is 0.417 e. The lowest BCUT2D eigenvalue weighted by Gasteiger charge is -2.14. The van der Waals surface area contributed by atoms with Crippen LogP contribution in [0.25, 0.3) is 16.8 Å². The molecular formula is C26H20Cl2F3N3OS. The molecule has 36 heavy (non-hydrogen) atoms. The summed E-state index contributed by atoms with van der Waals surface area (Å²) in [5, 5.41) is 4.05. The molecule has 0 saturated heterocycles. The van der Waals surface area contributed by atoms with Crippen LogP contribution in [0.15, 0.2) is 79.3 Å². The lowest BCUT2D eigenvalue weighted by atomic mass is 9.99. The number of alkyl halides is 3. The van der Waals surface area contributed by atoms with E-state index in [4.69, 9.17) is 23.2 Å². The Bertz CT molecular complexity index is 1350. The molecule has 3 aromatic carbocycles. The van der Waals surface area contributed by atoms with Gasteiger partial charge in [-0.25, -0.2) is 4.98 Å². The Kier molecular flexibility index (Phi) is 8.28. The number of benzene rings is 3. The highest BCUT2D eigenvalue weighted by Crippen LogP contribution is 2.37. The Morgan fingerprint density at radius 3 is 2.47 bits per heavy atom. The zero-order valence-corrected chi connectivity index (χ0v) is 21.1. The van der Waals surface area contributed by atoms with Gasteiger partial charge in [0.1, 0.15) is 5.69 Å². The van der Waals surface area contributed by atoms with Gasteiger partial charge in [-0.1, -0.05) is 59.6 Å². The molecule has 0 aliphatic rings. The van der Waals surface area contributed by atoms with E-state index in [-0.39, 0.29) is 17.2 Å². The van der Waals surface area contributed by atoms with Crippen molar-refractivity contribution in [3.63, 3.8) is 0 Å². The first-order valence-electron chi connectivity index (χ1n) is 10.8. The molecule has 0 aliphatic carbocycles. The van der Waals surface area contributed by atoms with E-state index in [2.05, 4.69) is 10.3 Å². The molecule has 4 nitrogen and oxygen atoms in total. The molecule has 4 aromatic rings. The maximum Gasteiger partial charge on any atom is 0.417 e.